The van der Waals surface area contributed by atoms with Gasteiger partial charge >= 0.3 is 0 Å². The van der Waals surface area contributed by atoms with Crippen molar-refractivity contribution in [3.8, 4) is 0 Å². The third-order valence-electron chi connectivity index (χ3n) is 5.50. The van der Waals surface area contributed by atoms with E-state index in [0.29, 0.717) is 0 Å². The second-order valence-corrected chi connectivity index (χ2v) is 21.8. The van der Waals surface area contributed by atoms with E-state index < -0.39 is 22.5 Å². The first-order valence-electron chi connectivity index (χ1n) is 12.3. The fraction of sp³-hybridized carbons (Fsp3) is 1.00. The van der Waals surface area contributed by atoms with E-state index in [4.69, 9.17) is 13.8 Å². The maximum absolute atomic E-state index is 5.94. The van der Waals surface area contributed by atoms with E-state index in [9.17, 15) is 0 Å². The first-order chi connectivity index (χ1) is 15.5. The molecule has 0 saturated heterocycles. The van der Waals surface area contributed by atoms with Crippen molar-refractivity contribution >= 4 is 22.5 Å². The Labute approximate surface area is 219 Å². The summed E-state index contributed by atoms with van der Waals surface area (Å²) in [6.07, 6.45) is 0. The summed E-state index contributed by atoms with van der Waals surface area (Å²) < 4.78 is 33.7. The maximum Gasteiger partial charge on any atom is 0.260 e. The molecular formula is C22H59N10P3. The summed E-state index contributed by atoms with van der Waals surface area (Å²) in [5.41, 5.74) is -0.329. The van der Waals surface area contributed by atoms with Crippen molar-refractivity contribution in [2.45, 2.75) is 66.1 Å². The lowest BCUT2D eigenvalue weighted by Gasteiger charge is -2.48. The fourth-order valence-corrected chi connectivity index (χ4v) is 19.1. The average Bonchev–Trinajstić information content (AvgIpc) is 2.60. The van der Waals surface area contributed by atoms with Crippen LogP contribution in [0.25, 0.3) is 0 Å². The molecular weight excluding hydrogens is 497 g/mol. The van der Waals surface area contributed by atoms with Crippen LogP contribution in [0, 0.1) is 0 Å². The third-order valence-corrected chi connectivity index (χ3v) is 18.2. The van der Waals surface area contributed by atoms with Crippen molar-refractivity contribution in [2.75, 3.05) is 84.6 Å². The van der Waals surface area contributed by atoms with E-state index in [2.05, 4.69) is 166 Å². The molecule has 0 rings (SSSR count). The Hall–Kier alpha value is 0.410. The number of hydrogen-bond acceptors (Lipinski definition) is 1. The molecule has 0 aromatic heterocycles. The molecule has 0 radical (unpaired) electrons. The zero-order valence-electron chi connectivity index (χ0n) is 26.5. The lowest BCUT2D eigenvalue weighted by Crippen LogP contribution is -2.37. The summed E-state index contributed by atoms with van der Waals surface area (Å²) in [4.78, 5) is 0. The van der Waals surface area contributed by atoms with Gasteiger partial charge in [-0.2, -0.15) is 9.03 Å². The predicted molar refractivity (Wildman–Crippen MR) is 162 cm³/mol. The Morgan fingerprint density at radius 3 is 0.857 bits per heavy atom. The van der Waals surface area contributed by atoms with E-state index in [1.54, 1.807) is 0 Å². The van der Waals surface area contributed by atoms with Crippen molar-refractivity contribution in [3.05, 3.63) is 0 Å². The zero-order chi connectivity index (χ0) is 28.3. The molecule has 0 fully saturated rings. The minimum absolute atomic E-state index is 0.212. The van der Waals surface area contributed by atoms with Crippen LogP contribution >= 0.6 is 22.5 Å². The van der Waals surface area contributed by atoms with Gasteiger partial charge in [0.25, 0.3) is 7.51 Å². The van der Waals surface area contributed by atoms with Crippen LogP contribution in [-0.4, -0.2) is 135 Å². The number of rotatable bonds is 11. The first-order valence-corrected chi connectivity index (χ1v) is 17.1. The Morgan fingerprint density at radius 2 is 0.714 bits per heavy atom. The topological polar surface area (TPSA) is 59.8 Å². The molecule has 0 aliphatic carbocycles. The molecule has 0 aromatic rings. The molecule has 0 unspecified atom stereocenters. The van der Waals surface area contributed by atoms with Crippen molar-refractivity contribution in [1.82, 2.24) is 32.7 Å². The normalized spacial score (nSPS) is 14.7. The van der Waals surface area contributed by atoms with Gasteiger partial charge < -0.3 is 0 Å². The molecule has 0 atom stereocenters. The van der Waals surface area contributed by atoms with Gasteiger partial charge in [0.05, 0.1) is 5.54 Å². The Bertz CT molecular complexity index is 724. The van der Waals surface area contributed by atoms with Gasteiger partial charge in [-0.3, -0.25) is 28.0 Å². The smallest absolute Gasteiger partial charge is 0.252 e. The zero-order valence-corrected chi connectivity index (χ0v) is 29.2. The van der Waals surface area contributed by atoms with Crippen LogP contribution < -0.4 is 0 Å². The highest BCUT2D eigenvalue weighted by molar-refractivity contribution is 7.76. The fourth-order valence-electron chi connectivity index (χ4n) is 4.77. The summed E-state index contributed by atoms with van der Waals surface area (Å²) in [6.45, 7) is 15.5. The van der Waals surface area contributed by atoms with Crippen LogP contribution in [-0.2, 0) is 0 Å². The molecule has 0 N–H and O–H groups in total. The van der Waals surface area contributed by atoms with Crippen LogP contribution in [0.15, 0.2) is 13.8 Å². The van der Waals surface area contributed by atoms with Crippen molar-refractivity contribution in [2.24, 2.45) is 13.8 Å². The predicted octanol–water partition coefficient (Wildman–Crippen LogP) is 6.11. The van der Waals surface area contributed by atoms with Gasteiger partial charge in [0, 0.05) is 12.1 Å². The molecule has 212 valence electrons. The molecule has 0 amide bonds. The van der Waals surface area contributed by atoms with Crippen LogP contribution in [0.2, 0.25) is 0 Å². The van der Waals surface area contributed by atoms with E-state index in [-0.39, 0.29) is 17.6 Å². The van der Waals surface area contributed by atoms with E-state index >= 15 is 0 Å². The summed E-state index contributed by atoms with van der Waals surface area (Å²) in [5.74, 6) is 0. The van der Waals surface area contributed by atoms with Gasteiger partial charge in [-0.05, 0) is 133 Å². The number of nitrogens with zero attached hydrogens (tertiary/aromatic N) is 10. The minimum Gasteiger partial charge on any atom is -0.252 e. The summed E-state index contributed by atoms with van der Waals surface area (Å²) in [7, 11) is 18.1. The van der Waals surface area contributed by atoms with E-state index in [1.165, 1.54) is 0 Å². The van der Waals surface area contributed by atoms with Crippen LogP contribution in [0.3, 0.4) is 0 Å². The molecule has 0 aliphatic rings. The molecule has 0 bridgehead atoms. The molecule has 0 aliphatic heterocycles. The van der Waals surface area contributed by atoms with Gasteiger partial charge in [-0.1, -0.05) is 0 Å². The molecule has 35 heavy (non-hydrogen) atoms. The second kappa shape index (κ2) is 13.0. The highest BCUT2D eigenvalue weighted by Crippen LogP contribution is 2.75. The first kappa shape index (κ1) is 35.4. The Balaban J connectivity index is 8.83. The molecule has 0 aromatic carbocycles. The monoisotopic (exact) mass is 556 g/mol. The van der Waals surface area contributed by atoms with Gasteiger partial charge in [0.2, 0.25) is 0 Å². The number of hydrogen-bond donors (Lipinski definition) is 0. The van der Waals surface area contributed by atoms with Crippen LogP contribution in [0.1, 0.15) is 48.5 Å². The Kier molecular flexibility index (Phi) is 13.1. The average molecular weight is 557 g/mol. The molecule has 0 saturated carbocycles. The van der Waals surface area contributed by atoms with Crippen molar-refractivity contribution < 1.29 is 0 Å². The molecule has 10 nitrogen and oxygen atoms in total. The lowest BCUT2D eigenvalue weighted by atomic mass is 10.1. The highest BCUT2D eigenvalue weighted by atomic mass is 31.2. The SMILES string of the molecule is CC(C)N(C(C)C)P(=NC(C)(C)C)(N=P(N(C)C)(N(C)C)N(C)C)N=P(N(C)C)(N(C)C)N(C)C. The summed E-state index contributed by atoms with van der Waals surface area (Å²) in [5, 5.41) is 0. The quantitative estimate of drug-likeness (QED) is 0.285. The molecule has 0 heterocycles. The van der Waals surface area contributed by atoms with Crippen LogP contribution in [0.5, 0.6) is 0 Å². The molecule has 0 spiro atoms. The van der Waals surface area contributed by atoms with Gasteiger partial charge in [0.15, 0.2) is 15.0 Å². The van der Waals surface area contributed by atoms with E-state index in [0.717, 1.165) is 0 Å². The summed E-state index contributed by atoms with van der Waals surface area (Å²) in [6, 6.07) is 0.424. The standard InChI is InChI=1S/C22H59N10P3/c1-20(2)32(21(3)4)33(23-22(5,6)7,24-34(26(8)9,27(10)11)28(12)13)25-35(29(14)15,30(16)17)31(18)19/h20-21H,1-19H3. The second-order valence-electron chi connectivity index (χ2n) is 11.7. The minimum atomic E-state index is -2.85. The van der Waals surface area contributed by atoms with Gasteiger partial charge in [0.1, 0.15) is 0 Å². The Morgan fingerprint density at radius 1 is 0.486 bits per heavy atom. The van der Waals surface area contributed by atoms with Crippen molar-refractivity contribution in [1.29, 1.82) is 0 Å². The van der Waals surface area contributed by atoms with Gasteiger partial charge in [-0.25, -0.2) is 9.42 Å². The lowest BCUT2D eigenvalue weighted by molar-refractivity contribution is 0.315. The largest absolute Gasteiger partial charge is 0.260 e. The summed E-state index contributed by atoms with van der Waals surface area (Å²) >= 11 is 0. The highest BCUT2D eigenvalue weighted by Gasteiger charge is 2.43. The maximum atomic E-state index is 5.94. The van der Waals surface area contributed by atoms with Gasteiger partial charge in [-0.15, -0.1) is 0 Å². The van der Waals surface area contributed by atoms with Crippen molar-refractivity contribution in [3.63, 3.8) is 0 Å². The van der Waals surface area contributed by atoms with Crippen LogP contribution in [0.4, 0.5) is 0 Å². The third kappa shape index (κ3) is 7.72. The van der Waals surface area contributed by atoms with E-state index in [1.807, 2.05) is 0 Å². The molecule has 13 heteroatoms.